The summed E-state index contributed by atoms with van der Waals surface area (Å²) in [5.41, 5.74) is 1.30. The van der Waals surface area contributed by atoms with Crippen LogP contribution in [-0.4, -0.2) is 17.6 Å². The number of anilines is 2. The number of aryl methyl sites for hydroxylation is 1. The van der Waals surface area contributed by atoms with Crippen LogP contribution in [0.25, 0.3) is 0 Å². The summed E-state index contributed by atoms with van der Waals surface area (Å²) in [7, 11) is 0. The van der Waals surface area contributed by atoms with Crippen LogP contribution in [-0.2, 0) is 11.0 Å². The van der Waals surface area contributed by atoms with E-state index in [-0.39, 0.29) is 17.2 Å². The third kappa shape index (κ3) is 4.88. The Labute approximate surface area is 191 Å². The molecule has 1 aliphatic rings. The van der Waals surface area contributed by atoms with E-state index in [1.54, 1.807) is 43.3 Å². The van der Waals surface area contributed by atoms with Crippen molar-refractivity contribution in [2.45, 2.75) is 18.5 Å². The molecule has 33 heavy (non-hydrogen) atoms. The second-order valence-electron chi connectivity index (χ2n) is 7.52. The lowest BCUT2D eigenvalue weighted by atomic mass is 10.1. The maximum atomic E-state index is 14.1. The normalized spacial score (nSPS) is 16.2. The molecule has 1 N–H and O–H groups in total. The zero-order valence-corrected chi connectivity index (χ0v) is 18.1. The lowest BCUT2D eigenvalue weighted by Crippen LogP contribution is -2.28. The van der Waals surface area contributed by atoms with E-state index < -0.39 is 28.8 Å². The van der Waals surface area contributed by atoms with Gasteiger partial charge in [-0.1, -0.05) is 18.2 Å². The minimum atomic E-state index is -4.48. The summed E-state index contributed by atoms with van der Waals surface area (Å²) in [6.45, 7) is 1.64. The molecule has 1 heterocycles. The molecule has 0 unspecified atom stereocenters. The Balaban J connectivity index is 1.55. The van der Waals surface area contributed by atoms with Gasteiger partial charge in [0.1, 0.15) is 11.2 Å². The van der Waals surface area contributed by atoms with Crippen LogP contribution in [0.15, 0.2) is 66.7 Å². The second kappa shape index (κ2) is 8.90. The van der Waals surface area contributed by atoms with Gasteiger partial charge in [0.2, 0.25) is 5.91 Å². The number of amides is 2. The number of nitrogens with zero attached hydrogens (tertiary/aromatic N) is 1. The molecule has 9 heteroatoms. The molecule has 1 fully saturated rings. The monoisotopic (exact) mass is 474 g/mol. The summed E-state index contributed by atoms with van der Waals surface area (Å²) in [6, 6.07) is 15.4. The molecule has 0 radical (unpaired) electrons. The molecule has 0 aliphatic carbocycles. The number of halogens is 4. The van der Waals surface area contributed by atoms with Crippen molar-refractivity contribution in [2.24, 2.45) is 0 Å². The molecule has 1 aliphatic heterocycles. The molecule has 1 atom stereocenters. The summed E-state index contributed by atoms with van der Waals surface area (Å²) in [5.74, 6) is -0.906. The van der Waals surface area contributed by atoms with Gasteiger partial charge in [-0.15, -0.1) is 11.8 Å². The topological polar surface area (TPSA) is 49.4 Å². The highest BCUT2D eigenvalue weighted by atomic mass is 32.2. The molecule has 1 saturated heterocycles. The quantitative estimate of drug-likeness (QED) is 0.459. The number of nitrogens with one attached hydrogen (secondary N) is 1. The van der Waals surface area contributed by atoms with Crippen LogP contribution in [0.2, 0.25) is 0 Å². The predicted octanol–water partition coefficient (Wildman–Crippen LogP) is 6.18. The van der Waals surface area contributed by atoms with Crippen molar-refractivity contribution in [2.75, 3.05) is 16.0 Å². The van der Waals surface area contributed by atoms with E-state index in [1.165, 1.54) is 22.7 Å². The Hall–Kier alpha value is -3.33. The minimum Gasteiger partial charge on any atom is -0.322 e. The van der Waals surface area contributed by atoms with Crippen molar-refractivity contribution < 1.29 is 27.2 Å². The van der Waals surface area contributed by atoms with Gasteiger partial charge in [-0.2, -0.15) is 13.2 Å². The molecule has 0 saturated carbocycles. The van der Waals surface area contributed by atoms with Crippen molar-refractivity contribution in [3.8, 4) is 0 Å². The first-order valence-electron chi connectivity index (χ1n) is 9.92. The summed E-state index contributed by atoms with van der Waals surface area (Å²) < 4.78 is 52.3. The zero-order valence-electron chi connectivity index (χ0n) is 17.3. The Bertz CT molecular complexity index is 1210. The van der Waals surface area contributed by atoms with Gasteiger partial charge in [0, 0.05) is 16.9 Å². The van der Waals surface area contributed by atoms with E-state index in [0.29, 0.717) is 16.9 Å². The van der Waals surface area contributed by atoms with Crippen LogP contribution in [0.3, 0.4) is 0 Å². The van der Waals surface area contributed by atoms with Gasteiger partial charge >= 0.3 is 6.18 Å². The summed E-state index contributed by atoms with van der Waals surface area (Å²) in [4.78, 5) is 26.6. The molecule has 3 aromatic rings. The van der Waals surface area contributed by atoms with E-state index in [9.17, 15) is 27.2 Å². The number of hydrogen-bond acceptors (Lipinski definition) is 3. The first-order chi connectivity index (χ1) is 15.6. The Morgan fingerprint density at radius 3 is 2.45 bits per heavy atom. The maximum absolute atomic E-state index is 14.1. The van der Waals surface area contributed by atoms with Crippen molar-refractivity contribution >= 4 is 35.0 Å². The van der Waals surface area contributed by atoms with Gasteiger partial charge in [-0.25, -0.2) is 4.39 Å². The summed E-state index contributed by atoms with van der Waals surface area (Å²) in [6.07, 6.45) is -4.48. The van der Waals surface area contributed by atoms with Gasteiger partial charge < -0.3 is 5.32 Å². The van der Waals surface area contributed by atoms with Gasteiger partial charge in [0.15, 0.2) is 0 Å². The highest BCUT2D eigenvalue weighted by molar-refractivity contribution is 8.00. The Morgan fingerprint density at radius 2 is 1.79 bits per heavy atom. The number of carbonyl (C=O) groups excluding carboxylic acids is 2. The van der Waals surface area contributed by atoms with Gasteiger partial charge in [0.25, 0.3) is 5.91 Å². The van der Waals surface area contributed by atoms with Crippen molar-refractivity contribution in [3.05, 3.63) is 94.8 Å². The van der Waals surface area contributed by atoms with Crippen LogP contribution < -0.4 is 10.2 Å². The molecular formula is C24H18F4N2O2S. The average Bonchev–Trinajstić information content (AvgIpc) is 3.17. The zero-order chi connectivity index (χ0) is 23.8. The molecule has 170 valence electrons. The lowest BCUT2D eigenvalue weighted by molar-refractivity contribution is -0.137. The van der Waals surface area contributed by atoms with Gasteiger partial charge in [0.05, 0.1) is 11.3 Å². The molecule has 4 nitrogen and oxygen atoms in total. The fraction of sp³-hybridized carbons (Fsp3) is 0.167. The van der Waals surface area contributed by atoms with Gasteiger partial charge in [-0.3, -0.25) is 14.5 Å². The predicted molar refractivity (Wildman–Crippen MR) is 120 cm³/mol. The third-order valence-electron chi connectivity index (χ3n) is 5.21. The molecule has 0 bridgehead atoms. The van der Waals surface area contributed by atoms with E-state index in [1.807, 2.05) is 0 Å². The summed E-state index contributed by atoms with van der Waals surface area (Å²) in [5, 5.41) is 2.26. The number of alkyl halides is 3. The molecule has 4 rings (SSSR count). The Morgan fingerprint density at radius 1 is 1.06 bits per heavy atom. The maximum Gasteiger partial charge on any atom is 0.416 e. The van der Waals surface area contributed by atoms with Crippen molar-refractivity contribution in [3.63, 3.8) is 0 Å². The highest BCUT2D eigenvalue weighted by Crippen LogP contribution is 2.42. The number of thioether (sulfide) groups is 1. The van der Waals surface area contributed by atoms with E-state index in [0.717, 1.165) is 29.8 Å². The SMILES string of the molecule is Cc1ccc(N2C(=O)CS[C@@H]2c2cccc(NC(=O)c3ccc(C(F)(F)F)cc3)c2)cc1F. The number of benzene rings is 3. The van der Waals surface area contributed by atoms with Crippen LogP contribution in [0, 0.1) is 12.7 Å². The largest absolute Gasteiger partial charge is 0.416 e. The molecule has 0 aromatic heterocycles. The fourth-order valence-corrected chi connectivity index (χ4v) is 4.63. The third-order valence-corrected chi connectivity index (χ3v) is 6.42. The van der Waals surface area contributed by atoms with Crippen LogP contribution in [0.5, 0.6) is 0 Å². The minimum absolute atomic E-state index is 0.0792. The number of carbonyl (C=O) groups is 2. The first-order valence-corrected chi connectivity index (χ1v) is 11.0. The highest BCUT2D eigenvalue weighted by Gasteiger charge is 2.34. The smallest absolute Gasteiger partial charge is 0.322 e. The van der Waals surface area contributed by atoms with E-state index >= 15 is 0 Å². The summed E-state index contributed by atoms with van der Waals surface area (Å²) >= 11 is 1.38. The van der Waals surface area contributed by atoms with Crippen LogP contribution in [0.1, 0.15) is 32.4 Å². The van der Waals surface area contributed by atoms with Crippen LogP contribution in [0.4, 0.5) is 28.9 Å². The van der Waals surface area contributed by atoms with E-state index in [4.69, 9.17) is 0 Å². The molecule has 3 aromatic carbocycles. The van der Waals surface area contributed by atoms with Gasteiger partial charge in [-0.05, 0) is 66.6 Å². The standard InChI is InChI=1S/C24H18F4N2O2S/c1-14-5-10-19(12-20(14)25)30-21(31)13-33-23(30)16-3-2-4-18(11-16)29-22(32)15-6-8-17(9-7-15)24(26,27)28/h2-12,23H,13H2,1H3,(H,29,32)/t23-/m1/s1. The lowest BCUT2D eigenvalue weighted by Gasteiger charge is -2.25. The number of rotatable bonds is 4. The average molecular weight is 474 g/mol. The van der Waals surface area contributed by atoms with Crippen molar-refractivity contribution in [1.29, 1.82) is 0 Å². The van der Waals surface area contributed by atoms with Crippen molar-refractivity contribution in [1.82, 2.24) is 0 Å². The van der Waals surface area contributed by atoms with E-state index in [2.05, 4.69) is 5.32 Å². The first kappa shape index (κ1) is 22.8. The molecule has 2 amide bonds. The number of hydrogen-bond donors (Lipinski definition) is 1. The Kier molecular flexibility index (Phi) is 6.16. The molecule has 0 spiro atoms. The second-order valence-corrected chi connectivity index (χ2v) is 8.58. The van der Waals surface area contributed by atoms with Crippen LogP contribution >= 0.6 is 11.8 Å². The molecular weight excluding hydrogens is 456 g/mol. The fourth-order valence-electron chi connectivity index (χ4n) is 3.47.